The van der Waals surface area contributed by atoms with Crippen molar-refractivity contribution < 1.29 is 0 Å². The van der Waals surface area contributed by atoms with Gasteiger partial charge in [-0.15, -0.1) is 11.6 Å². The van der Waals surface area contributed by atoms with Crippen LogP contribution in [-0.4, -0.2) is 9.55 Å². The fraction of sp³-hybridized carbons (Fsp3) is 0.250. The summed E-state index contributed by atoms with van der Waals surface area (Å²) in [5.41, 5.74) is 3.48. The van der Waals surface area contributed by atoms with Crippen molar-refractivity contribution in [2.75, 3.05) is 0 Å². The first kappa shape index (κ1) is 10.2. The van der Waals surface area contributed by atoms with Crippen molar-refractivity contribution >= 4 is 11.6 Å². The second-order valence-corrected chi connectivity index (χ2v) is 3.88. The van der Waals surface area contributed by atoms with Gasteiger partial charge in [0.05, 0.1) is 5.69 Å². The summed E-state index contributed by atoms with van der Waals surface area (Å²) >= 11 is 5.94. The van der Waals surface area contributed by atoms with Crippen LogP contribution in [0.3, 0.4) is 0 Å². The standard InChI is InChI=1S/C12H13ClN2/c1-9-3-4-12(11(7-9)8-13)15-6-5-14-10(15)2/h3-7H,8H2,1-2H3. The Morgan fingerprint density at radius 2 is 2.13 bits per heavy atom. The van der Waals surface area contributed by atoms with Crippen molar-refractivity contribution in [3.63, 3.8) is 0 Å². The average molecular weight is 221 g/mol. The number of nitrogens with zero attached hydrogens (tertiary/aromatic N) is 2. The highest BCUT2D eigenvalue weighted by atomic mass is 35.5. The predicted molar refractivity (Wildman–Crippen MR) is 62.6 cm³/mol. The maximum absolute atomic E-state index is 5.94. The van der Waals surface area contributed by atoms with Gasteiger partial charge in [-0.3, -0.25) is 0 Å². The van der Waals surface area contributed by atoms with Gasteiger partial charge in [-0.1, -0.05) is 17.7 Å². The molecule has 2 nitrogen and oxygen atoms in total. The molecule has 0 unspecified atom stereocenters. The monoisotopic (exact) mass is 220 g/mol. The summed E-state index contributed by atoms with van der Waals surface area (Å²) in [7, 11) is 0. The molecule has 3 heteroatoms. The molecule has 0 aliphatic carbocycles. The van der Waals surface area contributed by atoms with E-state index in [1.165, 1.54) is 5.56 Å². The average Bonchev–Trinajstić information content (AvgIpc) is 2.64. The predicted octanol–water partition coefficient (Wildman–Crippen LogP) is 3.23. The Hall–Kier alpha value is -1.28. The van der Waals surface area contributed by atoms with Crippen LogP contribution in [0.25, 0.3) is 5.69 Å². The molecular formula is C12H13ClN2. The summed E-state index contributed by atoms with van der Waals surface area (Å²) in [6, 6.07) is 6.29. The molecule has 15 heavy (non-hydrogen) atoms. The second kappa shape index (κ2) is 4.07. The SMILES string of the molecule is Cc1ccc(-n2ccnc2C)c(CCl)c1. The maximum atomic E-state index is 5.94. The molecule has 0 radical (unpaired) electrons. The Bertz CT molecular complexity index is 474. The van der Waals surface area contributed by atoms with Crippen molar-refractivity contribution in [3.05, 3.63) is 47.5 Å². The normalized spacial score (nSPS) is 10.6. The number of alkyl halides is 1. The third-order valence-electron chi connectivity index (χ3n) is 2.46. The van der Waals surface area contributed by atoms with Gasteiger partial charge in [0.2, 0.25) is 0 Å². The van der Waals surface area contributed by atoms with Crippen molar-refractivity contribution in [2.45, 2.75) is 19.7 Å². The Kier molecular flexibility index (Phi) is 2.78. The van der Waals surface area contributed by atoms with Gasteiger partial charge in [0.25, 0.3) is 0 Å². The highest BCUT2D eigenvalue weighted by Gasteiger charge is 2.05. The molecule has 78 valence electrons. The van der Waals surface area contributed by atoms with Crippen LogP contribution in [0.2, 0.25) is 0 Å². The van der Waals surface area contributed by atoms with Crippen molar-refractivity contribution in [1.82, 2.24) is 9.55 Å². The first-order valence-corrected chi connectivity index (χ1v) is 5.41. The minimum absolute atomic E-state index is 0.522. The molecule has 0 spiro atoms. The summed E-state index contributed by atoms with van der Waals surface area (Å²) in [6.07, 6.45) is 3.75. The summed E-state index contributed by atoms with van der Waals surface area (Å²) in [5, 5.41) is 0. The van der Waals surface area contributed by atoms with E-state index in [1.54, 1.807) is 6.20 Å². The van der Waals surface area contributed by atoms with E-state index in [2.05, 4.69) is 34.7 Å². The zero-order valence-corrected chi connectivity index (χ0v) is 9.62. The smallest absolute Gasteiger partial charge is 0.110 e. The van der Waals surface area contributed by atoms with Gasteiger partial charge in [0.1, 0.15) is 5.82 Å². The van der Waals surface area contributed by atoms with E-state index in [1.807, 2.05) is 13.1 Å². The van der Waals surface area contributed by atoms with E-state index < -0.39 is 0 Å². The lowest BCUT2D eigenvalue weighted by Gasteiger charge is -2.10. The second-order valence-electron chi connectivity index (χ2n) is 3.61. The van der Waals surface area contributed by atoms with Crippen LogP contribution < -0.4 is 0 Å². The zero-order valence-electron chi connectivity index (χ0n) is 8.87. The lowest BCUT2D eigenvalue weighted by atomic mass is 10.1. The van der Waals surface area contributed by atoms with E-state index in [0.29, 0.717) is 5.88 Å². The van der Waals surface area contributed by atoms with Crippen molar-refractivity contribution in [2.24, 2.45) is 0 Å². The number of aryl methyl sites for hydroxylation is 2. The molecule has 0 saturated carbocycles. The minimum atomic E-state index is 0.522. The molecule has 0 aliphatic heterocycles. The number of imidazole rings is 1. The third-order valence-corrected chi connectivity index (χ3v) is 2.75. The molecule has 0 bridgehead atoms. The summed E-state index contributed by atoms with van der Waals surface area (Å²) < 4.78 is 2.05. The Morgan fingerprint density at radius 1 is 1.33 bits per heavy atom. The number of aromatic nitrogens is 2. The van der Waals surface area contributed by atoms with Gasteiger partial charge in [-0.05, 0) is 25.5 Å². The first-order chi connectivity index (χ1) is 7.22. The molecule has 1 aromatic carbocycles. The molecule has 2 rings (SSSR count). The number of benzene rings is 1. The molecule has 1 heterocycles. The van der Waals surface area contributed by atoms with Gasteiger partial charge in [0, 0.05) is 18.3 Å². The topological polar surface area (TPSA) is 17.8 Å². The lowest BCUT2D eigenvalue weighted by Crippen LogP contribution is -1.99. The molecule has 1 aromatic heterocycles. The fourth-order valence-corrected chi connectivity index (χ4v) is 1.90. The van der Waals surface area contributed by atoms with Crippen molar-refractivity contribution in [3.8, 4) is 5.69 Å². The molecule has 0 atom stereocenters. The largest absolute Gasteiger partial charge is 0.304 e. The van der Waals surface area contributed by atoms with Crippen LogP contribution >= 0.6 is 11.6 Å². The number of hydrogen-bond acceptors (Lipinski definition) is 1. The molecule has 0 saturated heterocycles. The Morgan fingerprint density at radius 3 is 2.73 bits per heavy atom. The van der Waals surface area contributed by atoms with E-state index >= 15 is 0 Å². The number of rotatable bonds is 2. The van der Waals surface area contributed by atoms with Crippen LogP contribution in [0.4, 0.5) is 0 Å². The number of halogens is 1. The summed E-state index contributed by atoms with van der Waals surface area (Å²) in [6.45, 7) is 4.05. The minimum Gasteiger partial charge on any atom is -0.304 e. The Balaban J connectivity index is 2.58. The van der Waals surface area contributed by atoms with Gasteiger partial charge in [-0.25, -0.2) is 4.98 Å². The fourth-order valence-electron chi connectivity index (χ4n) is 1.69. The highest BCUT2D eigenvalue weighted by molar-refractivity contribution is 6.17. The molecule has 0 N–H and O–H groups in total. The van der Waals surface area contributed by atoms with Crippen molar-refractivity contribution in [1.29, 1.82) is 0 Å². The third kappa shape index (κ3) is 1.90. The lowest BCUT2D eigenvalue weighted by molar-refractivity contribution is 0.960. The van der Waals surface area contributed by atoms with Gasteiger partial charge in [0.15, 0.2) is 0 Å². The van der Waals surface area contributed by atoms with E-state index in [0.717, 1.165) is 17.1 Å². The van der Waals surface area contributed by atoms with Crippen LogP contribution in [0, 0.1) is 13.8 Å². The Labute approximate surface area is 94.5 Å². The molecule has 0 amide bonds. The first-order valence-electron chi connectivity index (χ1n) is 4.88. The quantitative estimate of drug-likeness (QED) is 0.711. The summed E-state index contributed by atoms with van der Waals surface area (Å²) in [4.78, 5) is 4.21. The van der Waals surface area contributed by atoms with Gasteiger partial charge in [-0.2, -0.15) is 0 Å². The molecule has 0 aliphatic rings. The highest BCUT2D eigenvalue weighted by Crippen LogP contribution is 2.19. The molecule has 2 aromatic rings. The molecular weight excluding hydrogens is 208 g/mol. The van der Waals surface area contributed by atoms with Gasteiger partial charge < -0.3 is 4.57 Å². The van der Waals surface area contributed by atoms with Crippen LogP contribution in [0.15, 0.2) is 30.6 Å². The molecule has 0 fully saturated rings. The van der Waals surface area contributed by atoms with E-state index in [9.17, 15) is 0 Å². The number of hydrogen-bond donors (Lipinski definition) is 0. The maximum Gasteiger partial charge on any atom is 0.110 e. The van der Waals surface area contributed by atoms with Crippen LogP contribution in [0.5, 0.6) is 0 Å². The van der Waals surface area contributed by atoms with E-state index in [-0.39, 0.29) is 0 Å². The van der Waals surface area contributed by atoms with Crippen LogP contribution in [-0.2, 0) is 5.88 Å². The van der Waals surface area contributed by atoms with Crippen LogP contribution in [0.1, 0.15) is 17.0 Å². The summed E-state index contributed by atoms with van der Waals surface area (Å²) in [5.74, 6) is 1.50. The van der Waals surface area contributed by atoms with E-state index in [4.69, 9.17) is 11.6 Å². The zero-order chi connectivity index (χ0) is 10.8. The van der Waals surface area contributed by atoms with Gasteiger partial charge >= 0.3 is 0 Å².